The Kier molecular flexibility index (Phi) is 4.62. The Bertz CT molecular complexity index is 763. The maximum atomic E-state index is 12.4. The number of hydrogen-bond donors (Lipinski definition) is 0. The van der Waals surface area contributed by atoms with E-state index in [1.54, 1.807) is 23.1 Å². The van der Waals surface area contributed by atoms with E-state index in [1.165, 1.54) is 0 Å². The molecule has 0 aliphatic carbocycles. The third-order valence-electron chi connectivity index (χ3n) is 4.75. The summed E-state index contributed by atoms with van der Waals surface area (Å²) < 4.78 is 1.67. The summed E-state index contributed by atoms with van der Waals surface area (Å²) in [6, 6.07) is 3.95. The minimum atomic E-state index is 0.0269. The lowest BCUT2D eigenvalue weighted by molar-refractivity contribution is 0.211. The minimum Gasteiger partial charge on any atom is -0.291 e. The molecular weight excluding hydrogens is 322 g/mol. The number of likely N-dealkylation sites (tertiary alicyclic amines) is 1. The van der Waals surface area contributed by atoms with Gasteiger partial charge in [-0.3, -0.25) is 9.69 Å². The summed E-state index contributed by atoms with van der Waals surface area (Å²) in [5.41, 5.74) is 2.25. The van der Waals surface area contributed by atoms with Crippen molar-refractivity contribution in [2.75, 3.05) is 12.3 Å². The molecule has 1 saturated heterocycles. The average molecular weight is 343 g/mol. The van der Waals surface area contributed by atoms with Gasteiger partial charge in [0.2, 0.25) is 0 Å². The van der Waals surface area contributed by atoms with E-state index < -0.39 is 0 Å². The van der Waals surface area contributed by atoms with Gasteiger partial charge in [0.05, 0.1) is 18.8 Å². The fourth-order valence-corrected chi connectivity index (χ4v) is 4.44. The maximum absolute atomic E-state index is 12.4. The molecule has 0 amide bonds. The number of thioether (sulfide) groups is 1. The molecule has 0 radical (unpaired) electrons. The first kappa shape index (κ1) is 15.8. The SMILES string of the molecule is O=c1cc2c(nn1CC1CCCN1Cc1ncccn1)CCSC2. The normalized spacial score (nSPS) is 20.9. The standard InChI is InChI=1S/C17H21N5OS/c23-17-9-13-12-24-8-4-15(13)20-22(17)10-14-3-1-7-21(14)11-16-18-5-2-6-19-16/h2,5-6,9,14H,1,3-4,7-8,10-12H2. The summed E-state index contributed by atoms with van der Waals surface area (Å²) in [5.74, 6) is 2.85. The van der Waals surface area contributed by atoms with Crippen LogP contribution >= 0.6 is 11.8 Å². The van der Waals surface area contributed by atoms with Gasteiger partial charge in [0.15, 0.2) is 0 Å². The highest BCUT2D eigenvalue weighted by Gasteiger charge is 2.26. The maximum Gasteiger partial charge on any atom is 0.267 e. The molecule has 2 aromatic rings. The van der Waals surface area contributed by atoms with Crippen LogP contribution in [0.1, 0.15) is 29.9 Å². The molecule has 2 aliphatic rings. The molecule has 0 aromatic carbocycles. The van der Waals surface area contributed by atoms with Crippen molar-refractivity contribution in [3.8, 4) is 0 Å². The zero-order valence-electron chi connectivity index (χ0n) is 13.6. The number of aromatic nitrogens is 4. The lowest BCUT2D eigenvalue weighted by Crippen LogP contribution is -2.37. The molecule has 2 aliphatic heterocycles. The second-order valence-corrected chi connectivity index (χ2v) is 7.48. The zero-order valence-corrected chi connectivity index (χ0v) is 14.4. The van der Waals surface area contributed by atoms with E-state index in [1.807, 2.05) is 17.8 Å². The van der Waals surface area contributed by atoms with Crippen molar-refractivity contribution in [3.05, 3.63) is 52.0 Å². The van der Waals surface area contributed by atoms with Crippen LogP contribution in [0.25, 0.3) is 0 Å². The van der Waals surface area contributed by atoms with E-state index >= 15 is 0 Å². The second kappa shape index (κ2) is 7.03. The first-order valence-electron chi connectivity index (χ1n) is 8.47. The van der Waals surface area contributed by atoms with Crippen LogP contribution in [0.5, 0.6) is 0 Å². The molecule has 0 N–H and O–H groups in total. The number of hydrogen-bond acceptors (Lipinski definition) is 6. The van der Waals surface area contributed by atoms with Crippen molar-refractivity contribution in [2.24, 2.45) is 0 Å². The summed E-state index contributed by atoms with van der Waals surface area (Å²) in [4.78, 5) is 23.4. The van der Waals surface area contributed by atoms with Gasteiger partial charge in [0, 0.05) is 36.7 Å². The summed E-state index contributed by atoms with van der Waals surface area (Å²) in [6.45, 7) is 2.42. The molecule has 0 saturated carbocycles. The molecule has 2 aromatic heterocycles. The second-order valence-electron chi connectivity index (χ2n) is 6.37. The van der Waals surface area contributed by atoms with Crippen LogP contribution < -0.4 is 5.56 Å². The van der Waals surface area contributed by atoms with Crippen molar-refractivity contribution >= 4 is 11.8 Å². The van der Waals surface area contributed by atoms with Crippen LogP contribution in [0, 0.1) is 0 Å². The van der Waals surface area contributed by atoms with Crippen LogP contribution in [0.3, 0.4) is 0 Å². The van der Waals surface area contributed by atoms with Crippen molar-refractivity contribution in [2.45, 2.75) is 44.1 Å². The molecular formula is C17H21N5OS. The van der Waals surface area contributed by atoms with Crippen LogP contribution in [0.15, 0.2) is 29.3 Å². The largest absolute Gasteiger partial charge is 0.291 e. The van der Waals surface area contributed by atoms with Gasteiger partial charge in [0.25, 0.3) is 5.56 Å². The molecule has 1 fully saturated rings. The Labute approximate surface area is 145 Å². The van der Waals surface area contributed by atoms with Crippen molar-refractivity contribution < 1.29 is 0 Å². The lowest BCUT2D eigenvalue weighted by atomic mass is 10.2. The van der Waals surface area contributed by atoms with Crippen molar-refractivity contribution in [3.63, 3.8) is 0 Å². The van der Waals surface area contributed by atoms with Gasteiger partial charge in [-0.05, 0) is 36.8 Å². The predicted octanol–water partition coefficient (Wildman–Crippen LogP) is 1.49. The van der Waals surface area contributed by atoms with Crippen molar-refractivity contribution in [1.82, 2.24) is 24.6 Å². The van der Waals surface area contributed by atoms with Gasteiger partial charge in [-0.2, -0.15) is 16.9 Å². The fourth-order valence-electron chi connectivity index (χ4n) is 3.49. The van der Waals surface area contributed by atoms with E-state index in [2.05, 4.69) is 20.0 Å². The first-order chi connectivity index (χ1) is 11.8. The highest BCUT2D eigenvalue weighted by atomic mass is 32.2. The molecule has 7 heteroatoms. The first-order valence-corrected chi connectivity index (χ1v) is 9.63. The van der Waals surface area contributed by atoms with Gasteiger partial charge in [-0.25, -0.2) is 14.6 Å². The molecule has 4 rings (SSSR count). The monoisotopic (exact) mass is 343 g/mol. The Hall–Kier alpha value is -1.73. The number of rotatable bonds is 4. The van der Waals surface area contributed by atoms with E-state index in [-0.39, 0.29) is 5.56 Å². The molecule has 6 nitrogen and oxygen atoms in total. The van der Waals surface area contributed by atoms with Gasteiger partial charge >= 0.3 is 0 Å². The van der Waals surface area contributed by atoms with Gasteiger partial charge < -0.3 is 0 Å². The zero-order chi connectivity index (χ0) is 16.4. The van der Waals surface area contributed by atoms with Crippen LogP contribution in [0.2, 0.25) is 0 Å². The Morgan fingerprint density at radius 2 is 2.17 bits per heavy atom. The molecule has 126 valence electrons. The van der Waals surface area contributed by atoms with Gasteiger partial charge in [0.1, 0.15) is 5.82 Å². The third kappa shape index (κ3) is 3.37. The van der Waals surface area contributed by atoms with Crippen molar-refractivity contribution in [1.29, 1.82) is 0 Å². The van der Waals surface area contributed by atoms with E-state index in [0.29, 0.717) is 12.6 Å². The summed E-state index contributed by atoms with van der Waals surface area (Å²) >= 11 is 1.88. The molecule has 1 atom stereocenters. The van der Waals surface area contributed by atoms with Gasteiger partial charge in [-0.1, -0.05) is 0 Å². The van der Waals surface area contributed by atoms with E-state index in [4.69, 9.17) is 0 Å². The minimum absolute atomic E-state index is 0.0269. The summed E-state index contributed by atoms with van der Waals surface area (Å²) in [5, 5.41) is 4.65. The van der Waals surface area contributed by atoms with Gasteiger partial charge in [-0.15, -0.1) is 0 Å². The summed E-state index contributed by atoms with van der Waals surface area (Å²) in [7, 11) is 0. The Morgan fingerprint density at radius 3 is 3.04 bits per heavy atom. The molecule has 1 unspecified atom stereocenters. The fraction of sp³-hybridized carbons (Fsp3) is 0.529. The smallest absolute Gasteiger partial charge is 0.267 e. The highest BCUT2D eigenvalue weighted by Crippen LogP contribution is 2.23. The van der Waals surface area contributed by atoms with Crippen LogP contribution in [0.4, 0.5) is 0 Å². The molecule has 0 spiro atoms. The topological polar surface area (TPSA) is 63.9 Å². The quantitative estimate of drug-likeness (QED) is 0.838. The molecule has 4 heterocycles. The van der Waals surface area contributed by atoms with E-state index in [0.717, 1.165) is 60.9 Å². The number of fused-ring (bicyclic) bond motifs is 1. The summed E-state index contributed by atoms with van der Waals surface area (Å²) in [6.07, 6.45) is 6.76. The molecule has 0 bridgehead atoms. The highest BCUT2D eigenvalue weighted by molar-refractivity contribution is 7.98. The lowest BCUT2D eigenvalue weighted by Gasteiger charge is -2.24. The Morgan fingerprint density at radius 1 is 1.29 bits per heavy atom. The number of nitrogens with zero attached hydrogens (tertiary/aromatic N) is 5. The predicted molar refractivity (Wildman–Crippen MR) is 93.8 cm³/mol. The van der Waals surface area contributed by atoms with E-state index in [9.17, 15) is 4.79 Å². The van der Waals surface area contributed by atoms with Crippen LogP contribution in [-0.4, -0.2) is 43.0 Å². The van der Waals surface area contributed by atoms with Crippen LogP contribution in [-0.2, 0) is 25.3 Å². The average Bonchev–Trinajstić information content (AvgIpc) is 3.03. The molecule has 24 heavy (non-hydrogen) atoms. The number of aryl methyl sites for hydroxylation is 1. The Balaban J connectivity index is 1.51. The third-order valence-corrected chi connectivity index (χ3v) is 5.76.